The van der Waals surface area contributed by atoms with Crippen molar-refractivity contribution in [3.8, 4) is 0 Å². The molecule has 0 saturated heterocycles. The first-order valence-electron chi connectivity index (χ1n) is 8.28. The van der Waals surface area contributed by atoms with Crippen LogP contribution in [0.5, 0.6) is 0 Å². The second-order valence-electron chi connectivity index (χ2n) is 7.08. The highest BCUT2D eigenvalue weighted by molar-refractivity contribution is 5.06. The van der Waals surface area contributed by atoms with E-state index in [0.29, 0.717) is 5.92 Å². The van der Waals surface area contributed by atoms with Gasteiger partial charge in [-0.2, -0.15) is 4.98 Å². The van der Waals surface area contributed by atoms with E-state index in [9.17, 15) is 0 Å². The van der Waals surface area contributed by atoms with E-state index < -0.39 is 0 Å². The van der Waals surface area contributed by atoms with Crippen molar-refractivity contribution in [2.45, 2.75) is 76.7 Å². The molecule has 1 aromatic heterocycles. The van der Waals surface area contributed by atoms with E-state index in [1.807, 2.05) is 0 Å². The van der Waals surface area contributed by atoms with E-state index in [-0.39, 0.29) is 5.54 Å². The second-order valence-corrected chi connectivity index (χ2v) is 7.08. The zero-order valence-electron chi connectivity index (χ0n) is 12.6. The zero-order valence-corrected chi connectivity index (χ0v) is 12.6. The molecule has 1 aromatic rings. The molecule has 0 bridgehead atoms. The number of hydrogen-bond acceptors (Lipinski definition) is 4. The van der Waals surface area contributed by atoms with Gasteiger partial charge in [0.25, 0.3) is 0 Å². The van der Waals surface area contributed by atoms with Crippen molar-refractivity contribution >= 4 is 0 Å². The molecule has 20 heavy (non-hydrogen) atoms. The van der Waals surface area contributed by atoms with Crippen molar-refractivity contribution in [1.29, 1.82) is 0 Å². The molecule has 0 aliphatic heterocycles. The van der Waals surface area contributed by atoms with Crippen molar-refractivity contribution in [1.82, 2.24) is 10.1 Å². The van der Waals surface area contributed by atoms with Crippen LogP contribution in [0, 0.1) is 11.8 Å². The molecule has 2 unspecified atom stereocenters. The molecule has 2 saturated carbocycles. The average Bonchev–Trinajstić information content (AvgIpc) is 2.89. The summed E-state index contributed by atoms with van der Waals surface area (Å²) in [6, 6.07) is 0. The SMILES string of the molecule is CC1CCCC(N)(c2noc(CC3CCCCC3)n2)C1. The zero-order chi connectivity index (χ0) is 14.0. The van der Waals surface area contributed by atoms with Crippen LogP contribution in [0.25, 0.3) is 0 Å². The van der Waals surface area contributed by atoms with Crippen molar-refractivity contribution in [2.24, 2.45) is 17.6 Å². The molecule has 0 amide bonds. The Hall–Kier alpha value is -0.900. The summed E-state index contributed by atoms with van der Waals surface area (Å²) in [4.78, 5) is 4.63. The first kappa shape index (κ1) is 14.1. The molecule has 0 spiro atoms. The highest BCUT2D eigenvalue weighted by atomic mass is 16.5. The van der Waals surface area contributed by atoms with E-state index >= 15 is 0 Å². The topological polar surface area (TPSA) is 64.9 Å². The lowest BCUT2D eigenvalue weighted by Gasteiger charge is -2.33. The third-order valence-corrected chi connectivity index (χ3v) is 5.13. The first-order valence-corrected chi connectivity index (χ1v) is 8.28. The Bertz CT molecular complexity index is 439. The fourth-order valence-electron chi connectivity index (χ4n) is 3.97. The van der Waals surface area contributed by atoms with Gasteiger partial charge in [0.1, 0.15) is 0 Å². The summed E-state index contributed by atoms with van der Waals surface area (Å²) in [5.41, 5.74) is 6.18. The largest absolute Gasteiger partial charge is 0.339 e. The molecule has 1 heterocycles. The Balaban J connectivity index is 1.66. The van der Waals surface area contributed by atoms with Crippen molar-refractivity contribution < 1.29 is 4.52 Å². The van der Waals surface area contributed by atoms with Gasteiger partial charge in [0.15, 0.2) is 5.82 Å². The summed E-state index contributed by atoms with van der Waals surface area (Å²) in [6.07, 6.45) is 12.1. The maximum Gasteiger partial charge on any atom is 0.226 e. The summed E-state index contributed by atoms with van der Waals surface area (Å²) in [6.45, 7) is 2.27. The molecule has 2 atom stereocenters. The van der Waals surface area contributed by atoms with Crippen LogP contribution in [0.1, 0.15) is 76.4 Å². The Labute approximate surface area is 121 Å². The minimum absolute atomic E-state index is 0.355. The minimum Gasteiger partial charge on any atom is -0.339 e. The standard InChI is InChI=1S/C16H27N3O/c1-12-6-5-9-16(17,11-12)15-18-14(20-19-15)10-13-7-3-2-4-8-13/h12-13H,2-11,17H2,1H3. The Morgan fingerprint density at radius 2 is 2.00 bits per heavy atom. The van der Waals surface area contributed by atoms with Gasteiger partial charge in [-0.1, -0.05) is 44.2 Å². The Morgan fingerprint density at radius 1 is 1.20 bits per heavy atom. The molecular weight excluding hydrogens is 250 g/mol. The number of rotatable bonds is 3. The third kappa shape index (κ3) is 3.05. The van der Waals surface area contributed by atoms with Gasteiger partial charge in [0.2, 0.25) is 5.89 Å². The van der Waals surface area contributed by atoms with Crippen molar-refractivity contribution in [3.63, 3.8) is 0 Å². The van der Waals surface area contributed by atoms with Crippen molar-refractivity contribution in [2.75, 3.05) is 0 Å². The quantitative estimate of drug-likeness (QED) is 0.917. The highest BCUT2D eigenvalue weighted by Crippen LogP contribution is 2.36. The lowest BCUT2D eigenvalue weighted by molar-refractivity contribution is 0.221. The fraction of sp³-hybridized carbons (Fsp3) is 0.875. The second kappa shape index (κ2) is 5.84. The molecular formula is C16H27N3O. The van der Waals surface area contributed by atoms with Gasteiger partial charge in [-0.05, 0) is 37.5 Å². The fourth-order valence-corrected chi connectivity index (χ4v) is 3.97. The number of aromatic nitrogens is 2. The predicted octanol–water partition coefficient (Wildman–Crippen LogP) is 3.56. The monoisotopic (exact) mass is 277 g/mol. The summed E-state index contributed by atoms with van der Waals surface area (Å²) in [7, 11) is 0. The Morgan fingerprint density at radius 3 is 2.75 bits per heavy atom. The molecule has 4 heteroatoms. The van der Waals surface area contributed by atoms with Crippen LogP contribution >= 0.6 is 0 Å². The lowest BCUT2D eigenvalue weighted by Crippen LogP contribution is -2.42. The van der Waals surface area contributed by atoms with E-state index in [2.05, 4.69) is 17.1 Å². The van der Waals surface area contributed by atoms with Gasteiger partial charge in [0.05, 0.1) is 5.54 Å². The van der Waals surface area contributed by atoms with Crippen LogP contribution in [0.15, 0.2) is 4.52 Å². The molecule has 3 rings (SSSR count). The molecule has 0 aromatic carbocycles. The van der Waals surface area contributed by atoms with Gasteiger partial charge in [-0.25, -0.2) is 0 Å². The molecule has 2 aliphatic carbocycles. The smallest absolute Gasteiger partial charge is 0.226 e. The lowest BCUT2D eigenvalue weighted by atomic mass is 9.76. The maximum atomic E-state index is 6.53. The van der Waals surface area contributed by atoms with E-state index in [1.54, 1.807) is 0 Å². The van der Waals surface area contributed by atoms with Gasteiger partial charge in [-0.15, -0.1) is 0 Å². The van der Waals surface area contributed by atoms with E-state index in [1.165, 1.54) is 44.9 Å². The van der Waals surface area contributed by atoms with Crippen molar-refractivity contribution in [3.05, 3.63) is 11.7 Å². The molecule has 2 fully saturated rings. The van der Waals surface area contributed by atoms with Crippen LogP contribution in [0.3, 0.4) is 0 Å². The van der Waals surface area contributed by atoms with E-state index in [0.717, 1.165) is 36.9 Å². The van der Waals surface area contributed by atoms with Crippen LogP contribution < -0.4 is 5.73 Å². The summed E-state index contributed by atoms with van der Waals surface area (Å²) in [5.74, 6) is 2.94. The molecule has 112 valence electrons. The van der Waals surface area contributed by atoms with Crippen LogP contribution in [0.4, 0.5) is 0 Å². The van der Waals surface area contributed by atoms with E-state index in [4.69, 9.17) is 10.3 Å². The van der Waals surface area contributed by atoms with Crippen LogP contribution in [0.2, 0.25) is 0 Å². The third-order valence-electron chi connectivity index (χ3n) is 5.13. The van der Waals surface area contributed by atoms with Crippen LogP contribution in [-0.2, 0) is 12.0 Å². The number of nitrogens with zero attached hydrogens (tertiary/aromatic N) is 2. The van der Waals surface area contributed by atoms with Gasteiger partial charge >= 0.3 is 0 Å². The normalized spacial score (nSPS) is 32.4. The van der Waals surface area contributed by atoms with Gasteiger partial charge < -0.3 is 10.3 Å². The molecule has 2 aliphatic rings. The molecule has 2 N–H and O–H groups in total. The van der Waals surface area contributed by atoms with Gasteiger partial charge in [-0.3, -0.25) is 0 Å². The maximum absolute atomic E-state index is 6.53. The summed E-state index contributed by atoms with van der Waals surface area (Å²) < 4.78 is 5.48. The minimum atomic E-state index is -0.355. The predicted molar refractivity (Wildman–Crippen MR) is 78.1 cm³/mol. The average molecular weight is 277 g/mol. The molecule has 4 nitrogen and oxygen atoms in total. The number of nitrogens with two attached hydrogens (primary N) is 1. The highest BCUT2D eigenvalue weighted by Gasteiger charge is 2.37. The summed E-state index contributed by atoms with van der Waals surface area (Å²) in [5, 5.41) is 4.20. The summed E-state index contributed by atoms with van der Waals surface area (Å²) >= 11 is 0. The first-order chi connectivity index (χ1) is 9.66. The Kier molecular flexibility index (Phi) is 4.11. The van der Waals surface area contributed by atoms with Gasteiger partial charge in [0, 0.05) is 6.42 Å². The van der Waals surface area contributed by atoms with Crippen LogP contribution in [-0.4, -0.2) is 10.1 Å². The number of hydrogen-bond donors (Lipinski definition) is 1. The molecule has 0 radical (unpaired) electrons.